The van der Waals surface area contributed by atoms with Crippen molar-refractivity contribution in [3.05, 3.63) is 28.8 Å². The van der Waals surface area contributed by atoms with Gasteiger partial charge in [-0.3, -0.25) is 4.79 Å². The van der Waals surface area contributed by atoms with Crippen molar-refractivity contribution in [3.8, 4) is 0 Å². The minimum atomic E-state index is 0.184. The van der Waals surface area contributed by atoms with Gasteiger partial charge in [0.25, 0.3) is 0 Å². The summed E-state index contributed by atoms with van der Waals surface area (Å²) in [5, 5.41) is 4.29. The molecular weight excluding hydrogens is 286 g/mol. The average Bonchev–Trinajstić information content (AvgIpc) is 3.28. The number of halogens is 1. The van der Waals surface area contributed by atoms with Gasteiger partial charge in [-0.1, -0.05) is 11.6 Å². The number of nitrogens with one attached hydrogen (secondary N) is 1. The van der Waals surface area contributed by atoms with Gasteiger partial charge in [-0.05, 0) is 43.0 Å². The molecule has 5 heteroatoms. The summed E-state index contributed by atoms with van der Waals surface area (Å²) in [5.41, 5.74) is 2.32. The molecule has 1 aromatic rings. The fraction of sp³-hybridized carbons (Fsp3) is 0.562. The number of amides is 1. The maximum atomic E-state index is 12.1. The van der Waals surface area contributed by atoms with Crippen molar-refractivity contribution in [2.45, 2.75) is 31.8 Å². The fourth-order valence-corrected chi connectivity index (χ4v) is 2.93. The molecule has 1 aliphatic carbocycles. The second-order valence-corrected chi connectivity index (χ2v) is 6.46. The Morgan fingerprint density at radius 3 is 2.90 bits per heavy atom. The Morgan fingerprint density at radius 1 is 1.33 bits per heavy atom. The molecule has 0 radical (unpaired) electrons. The minimum absolute atomic E-state index is 0.184. The second kappa shape index (κ2) is 6.24. The number of hydrogen-bond donors (Lipinski definition) is 1. The highest BCUT2D eigenvalue weighted by Crippen LogP contribution is 2.27. The number of nitrogens with zero attached hydrogens (tertiary/aromatic N) is 2. The van der Waals surface area contributed by atoms with Crippen molar-refractivity contribution in [1.29, 1.82) is 0 Å². The van der Waals surface area contributed by atoms with Gasteiger partial charge in [0.05, 0.1) is 6.54 Å². The smallest absolute Gasteiger partial charge is 0.241 e. The standard InChI is InChI=1S/C16H22ClN3O/c1-19-7-2-8-20(11-16(19)21)15-6-3-13(17)9-12(15)10-18-14-4-5-14/h3,6,9,14,18H,2,4-5,7-8,10-11H2,1H3. The van der Waals surface area contributed by atoms with Gasteiger partial charge in [0, 0.05) is 43.4 Å². The van der Waals surface area contributed by atoms with E-state index in [2.05, 4.69) is 10.2 Å². The topological polar surface area (TPSA) is 35.6 Å². The van der Waals surface area contributed by atoms with Crippen molar-refractivity contribution in [2.24, 2.45) is 0 Å². The van der Waals surface area contributed by atoms with E-state index < -0.39 is 0 Å². The lowest BCUT2D eigenvalue weighted by atomic mass is 10.1. The van der Waals surface area contributed by atoms with Gasteiger partial charge in [-0.2, -0.15) is 0 Å². The zero-order valence-corrected chi connectivity index (χ0v) is 13.2. The van der Waals surface area contributed by atoms with Gasteiger partial charge in [0.15, 0.2) is 0 Å². The van der Waals surface area contributed by atoms with E-state index in [0.717, 1.165) is 36.8 Å². The lowest BCUT2D eigenvalue weighted by Crippen LogP contribution is -2.35. The van der Waals surface area contributed by atoms with Crippen LogP contribution in [0.3, 0.4) is 0 Å². The molecule has 4 nitrogen and oxygen atoms in total. The average molecular weight is 308 g/mol. The fourth-order valence-electron chi connectivity index (χ4n) is 2.74. The van der Waals surface area contributed by atoms with Crippen molar-refractivity contribution in [3.63, 3.8) is 0 Å². The van der Waals surface area contributed by atoms with Gasteiger partial charge in [-0.25, -0.2) is 0 Å². The van der Waals surface area contributed by atoms with Gasteiger partial charge < -0.3 is 15.1 Å². The van der Waals surface area contributed by atoms with Crippen LogP contribution in [0.25, 0.3) is 0 Å². The molecule has 114 valence electrons. The number of rotatable bonds is 4. The van der Waals surface area contributed by atoms with Gasteiger partial charge in [-0.15, -0.1) is 0 Å². The summed E-state index contributed by atoms with van der Waals surface area (Å²) in [7, 11) is 1.88. The molecule has 1 amide bonds. The van der Waals surface area contributed by atoms with Crippen LogP contribution in [-0.4, -0.2) is 43.5 Å². The summed E-state index contributed by atoms with van der Waals surface area (Å²) < 4.78 is 0. The van der Waals surface area contributed by atoms with Crippen LogP contribution in [0, 0.1) is 0 Å². The lowest BCUT2D eigenvalue weighted by molar-refractivity contribution is -0.127. The highest BCUT2D eigenvalue weighted by molar-refractivity contribution is 6.30. The normalized spacial score (nSPS) is 19.8. The predicted molar refractivity (Wildman–Crippen MR) is 85.8 cm³/mol. The Bertz CT molecular complexity index is 530. The van der Waals surface area contributed by atoms with Crippen molar-refractivity contribution in [1.82, 2.24) is 10.2 Å². The zero-order chi connectivity index (χ0) is 14.8. The molecular formula is C16H22ClN3O. The number of carbonyl (C=O) groups excluding carboxylic acids is 1. The number of carbonyl (C=O) groups is 1. The van der Waals surface area contributed by atoms with Crippen LogP contribution in [0.15, 0.2) is 18.2 Å². The molecule has 0 atom stereocenters. The van der Waals surface area contributed by atoms with Crippen LogP contribution >= 0.6 is 11.6 Å². The highest BCUT2D eigenvalue weighted by atomic mass is 35.5. The molecule has 21 heavy (non-hydrogen) atoms. The number of anilines is 1. The van der Waals surface area contributed by atoms with E-state index in [1.165, 1.54) is 18.4 Å². The molecule has 1 saturated carbocycles. The van der Waals surface area contributed by atoms with E-state index in [1.54, 1.807) is 0 Å². The van der Waals surface area contributed by atoms with Crippen molar-refractivity contribution < 1.29 is 4.79 Å². The second-order valence-electron chi connectivity index (χ2n) is 6.02. The van der Waals surface area contributed by atoms with Crippen LogP contribution in [-0.2, 0) is 11.3 Å². The summed E-state index contributed by atoms with van der Waals surface area (Å²) >= 11 is 6.15. The molecule has 2 aliphatic rings. The van der Waals surface area contributed by atoms with Crippen LogP contribution in [0.4, 0.5) is 5.69 Å². The first kappa shape index (κ1) is 14.7. The number of benzene rings is 1. The highest BCUT2D eigenvalue weighted by Gasteiger charge is 2.23. The maximum Gasteiger partial charge on any atom is 0.241 e. The summed E-state index contributed by atoms with van der Waals surface area (Å²) in [6.07, 6.45) is 3.53. The Morgan fingerprint density at radius 2 is 2.14 bits per heavy atom. The Labute approximate surface area is 131 Å². The molecule has 0 aromatic heterocycles. The van der Waals surface area contributed by atoms with Crippen LogP contribution in [0.1, 0.15) is 24.8 Å². The quantitative estimate of drug-likeness (QED) is 0.927. The van der Waals surface area contributed by atoms with Crippen molar-refractivity contribution >= 4 is 23.2 Å². The molecule has 1 N–H and O–H groups in total. The molecule has 0 bridgehead atoms. The Kier molecular flexibility index (Phi) is 4.36. The summed E-state index contributed by atoms with van der Waals surface area (Å²) in [5.74, 6) is 0.184. The van der Waals surface area contributed by atoms with Crippen LogP contribution < -0.4 is 10.2 Å². The zero-order valence-electron chi connectivity index (χ0n) is 12.4. The first-order valence-electron chi connectivity index (χ1n) is 7.64. The molecule has 0 unspecified atom stereocenters. The van der Waals surface area contributed by atoms with E-state index in [1.807, 2.05) is 30.1 Å². The number of hydrogen-bond acceptors (Lipinski definition) is 3. The maximum absolute atomic E-state index is 12.1. The molecule has 1 heterocycles. The van der Waals surface area contributed by atoms with E-state index in [9.17, 15) is 4.79 Å². The van der Waals surface area contributed by atoms with Gasteiger partial charge in [0.1, 0.15) is 0 Å². The Hall–Kier alpha value is -1.26. The molecule has 1 aromatic carbocycles. The molecule has 1 saturated heterocycles. The third-order valence-corrected chi connectivity index (χ3v) is 4.45. The molecule has 3 rings (SSSR count). The third kappa shape index (κ3) is 3.69. The summed E-state index contributed by atoms with van der Waals surface area (Å²) in [4.78, 5) is 16.1. The van der Waals surface area contributed by atoms with E-state index >= 15 is 0 Å². The molecule has 0 spiro atoms. The lowest BCUT2D eigenvalue weighted by Gasteiger charge is -2.25. The van der Waals surface area contributed by atoms with E-state index in [4.69, 9.17) is 11.6 Å². The van der Waals surface area contributed by atoms with Gasteiger partial charge in [0.2, 0.25) is 5.91 Å². The van der Waals surface area contributed by atoms with Crippen LogP contribution in [0.2, 0.25) is 5.02 Å². The predicted octanol–water partition coefficient (Wildman–Crippen LogP) is 2.26. The number of likely N-dealkylation sites (N-methyl/N-ethyl adjacent to an activating group) is 1. The largest absolute Gasteiger partial charge is 0.362 e. The van der Waals surface area contributed by atoms with E-state index in [-0.39, 0.29) is 5.91 Å². The van der Waals surface area contributed by atoms with Gasteiger partial charge >= 0.3 is 0 Å². The Balaban J connectivity index is 1.80. The monoisotopic (exact) mass is 307 g/mol. The SMILES string of the molecule is CN1CCCN(c2ccc(Cl)cc2CNC2CC2)CC1=O. The minimum Gasteiger partial charge on any atom is -0.362 e. The third-order valence-electron chi connectivity index (χ3n) is 4.21. The summed E-state index contributed by atoms with van der Waals surface area (Å²) in [6, 6.07) is 6.64. The molecule has 2 fully saturated rings. The first-order chi connectivity index (χ1) is 10.1. The summed E-state index contributed by atoms with van der Waals surface area (Å²) in [6.45, 7) is 3.02. The first-order valence-corrected chi connectivity index (χ1v) is 8.02. The van der Waals surface area contributed by atoms with Crippen molar-refractivity contribution in [2.75, 3.05) is 31.6 Å². The molecule has 1 aliphatic heterocycles. The van der Waals surface area contributed by atoms with Crippen LogP contribution in [0.5, 0.6) is 0 Å². The van der Waals surface area contributed by atoms with E-state index in [0.29, 0.717) is 12.6 Å².